The largest absolute Gasteiger partial charge is 0.493 e. The SMILES string of the molecule is COC(=O)CC(NC(=O)c1ccc(S(=O)(=O)N2CCCC2)o1)c1ccc(OC)c(OC)c1. The number of esters is 1. The van der Waals surface area contributed by atoms with Crippen molar-refractivity contribution in [1.82, 2.24) is 9.62 Å². The van der Waals surface area contributed by atoms with Crippen LogP contribution in [0.25, 0.3) is 0 Å². The molecule has 2 aromatic rings. The summed E-state index contributed by atoms with van der Waals surface area (Å²) < 4.78 is 47.2. The van der Waals surface area contributed by atoms with Crippen LogP contribution in [0, 0.1) is 0 Å². The van der Waals surface area contributed by atoms with Crippen LogP contribution >= 0.6 is 0 Å². The quantitative estimate of drug-likeness (QED) is 0.557. The number of nitrogens with zero attached hydrogens (tertiary/aromatic N) is 1. The van der Waals surface area contributed by atoms with Gasteiger partial charge in [-0.05, 0) is 42.7 Å². The zero-order valence-electron chi connectivity index (χ0n) is 18.1. The zero-order valence-corrected chi connectivity index (χ0v) is 18.9. The second-order valence-electron chi connectivity index (χ2n) is 7.15. The van der Waals surface area contributed by atoms with Gasteiger partial charge in [-0.1, -0.05) is 6.07 Å². The maximum absolute atomic E-state index is 12.8. The van der Waals surface area contributed by atoms with Gasteiger partial charge in [-0.3, -0.25) is 9.59 Å². The molecule has 11 heteroatoms. The van der Waals surface area contributed by atoms with Crippen molar-refractivity contribution < 1.29 is 36.6 Å². The van der Waals surface area contributed by atoms with Gasteiger partial charge < -0.3 is 23.9 Å². The molecule has 2 heterocycles. The van der Waals surface area contributed by atoms with E-state index in [1.165, 1.54) is 37.8 Å². The number of hydrogen-bond acceptors (Lipinski definition) is 8. The summed E-state index contributed by atoms with van der Waals surface area (Å²) in [5.41, 5.74) is 0.567. The number of amides is 1. The Hall–Kier alpha value is -3.05. The molecule has 1 saturated heterocycles. The number of carbonyl (C=O) groups excluding carboxylic acids is 2. The molecular formula is C21H26N2O8S. The summed E-state index contributed by atoms with van der Waals surface area (Å²) in [7, 11) is 0.427. The number of carbonyl (C=O) groups is 2. The fourth-order valence-electron chi connectivity index (χ4n) is 3.44. The van der Waals surface area contributed by atoms with Gasteiger partial charge in [0.05, 0.1) is 33.8 Å². The van der Waals surface area contributed by atoms with Gasteiger partial charge in [-0.15, -0.1) is 0 Å². The topological polar surface area (TPSA) is 124 Å². The summed E-state index contributed by atoms with van der Waals surface area (Å²) >= 11 is 0. The summed E-state index contributed by atoms with van der Waals surface area (Å²) in [6, 6.07) is 6.74. The minimum absolute atomic E-state index is 0.155. The Labute approximate surface area is 186 Å². The Balaban J connectivity index is 1.83. The van der Waals surface area contributed by atoms with Crippen LogP contribution in [0.15, 0.2) is 39.8 Å². The molecule has 1 atom stereocenters. The Bertz CT molecular complexity index is 1070. The molecule has 32 heavy (non-hydrogen) atoms. The van der Waals surface area contributed by atoms with Gasteiger partial charge in [-0.25, -0.2) is 8.42 Å². The average molecular weight is 467 g/mol. The van der Waals surface area contributed by atoms with Gasteiger partial charge in [0.2, 0.25) is 5.09 Å². The highest BCUT2D eigenvalue weighted by Gasteiger charge is 2.31. The zero-order chi connectivity index (χ0) is 23.3. The van der Waals surface area contributed by atoms with E-state index in [0.29, 0.717) is 30.2 Å². The first-order chi connectivity index (χ1) is 15.3. The van der Waals surface area contributed by atoms with Crippen molar-refractivity contribution in [2.24, 2.45) is 0 Å². The van der Waals surface area contributed by atoms with E-state index >= 15 is 0 Å². The van der Waals surface area contributed by atoms with Crippen LogP contribution in [-0.2, 0) is 19.6 Å². The number of methoxy groups -OCH3 is 3. The number of rotatable bonds is 9. The highest BCUT2D eigenvalue weighted by molar-refractivity contribution is 7.89. The van der Waals surface area contributed by atoms with E-state index in [2.05, 4.69) is 5.32 Å². The smallest absolute Gasteiger partial charge is 0.307 e. The van der Waals surface area contributed by atoms with Crippen molar-refractivity contribution in [2.45, 2.75) is 30.4 Å². The number of hydrogen-bond donors (Lipinski definition) is 1. The van der Waals surface area contributed by atoms with E-state index in [0.717, 1.165) is 12.8 Å². The second kappa shape index (κ2) is 10.0. The summed E-state index contributed by atoms with van der Waals surface area (Å²) in [6.07, 6.45) is 1.42. The monoisotopic (exact) mass is 466 g/mol. The second-order valence-corrected chi connectivity index (χ2v) is 9.02. The van der Waals surface area contributed by atoms with E-state index in [4.69, 9.17) is 18.6 Å². The molecular weight excluding hydrogens is 440 g/mol. The molecule has 0 aliphatic carbocycles. The van der Waals surface area contributed by atoms with Crippen molar-refractivity contribution in [3.8, 4) is 11.5 Å². The molecule has 0 bridgehead atoms. The van der Waals surface area contributed by atoms with Crippen LogP contribution in [0.5, 0.6) is 11.5 Å². The molecule has 3 rings (SSSR count). The number of nitrogens with one attached hydrogen (secondary N) is 1. The van der Waals surface area contributed by atoms with Crippen molar-refractivity contribution in [3.63, 3.8) is 0 Å². The number of ether oxygens (including phenoxy) is 3. The Kier molecular flexibility index (Phi) is 7.41. The molecule has 0 saturated carbocycles. The maximum atomic E-state index is 12.8. The molecule has 1 aliphatic heterocycles. The summed E-state index contributed by atoms with van der Waals surface area (Å²) in [6.45, 7) is 0.843. The summed E-state index contributed by atoms with van der Waals surface area (Å²) in [5, 5.41) is 2.41. The fraction of sp³-hybridized carbons (Fsp3) is 0.429. The molecule has 0 spiro atoms. The van der Waals surface area contributed by atoms with E-state index in [1.54, 1.807) is 18.2 Å². The lowest BCUT2D eigenvalue weighted by Gasteiger charge is -2.19. The molecule has 1 aromatic carbocycles. The van der Waals surface area contributed by atoms with Crippen molar-refractivity contribution in [3.05, 3.63) is 41.7 Å². The van der Waals surface area contributed by atoms with Crippen molar-refractivity contribution in [2.75, 3.05) is 34.4 Å². The minimum Gasteiger partial charge on any atom is -0.493 e. The normalized spacial score (nSPS) is 15.2. The van der Waals surface area contributed by atoms with Crippen LogP contribution < -0.4 is 14.8 Å². The van der Waals surface area contributed by atoms with Crippen molar-refractivity contribution in [1.29, 1.82) is 0 Å². The minimum atomic E-state index is -3.79. The number of sulfonamides is 1. The van der Waals surface area contributed by atoms with E-state index in [-0.39, 0.29) is 17.3 Å². The average Bonchev–Trinajstić information content (AvgIpc) is 3.51. The molecule has 1 aliphatic rings. The lowest BCUT2D eigenvalue weighted by Crippen LogP contribution is -2.30. The van der Waals surface area contributed by atoms with Crippen LogP contribution in [0.2, 0.25) is 0 Å². The Morgan fingerprint density at radius 2 is 1.75 bits per heavy atom. The van der Waals surface area contributed by atoms with Crippen LogP contribution in [0.3, 0.4) is 0 Å². The predicted octanol–water partition coefficient (Wildman–Crippen LogP) is 2.12. The third-order valence-electron chi connectivity index (χ3n) is 5.18. The lowest BCUT2D eigenvalue weighted by molar-refractivity contribution is -0.141. The molecule has 0 radical (unpaired) electrons. The predicted molar refractivity (Wildman–Crippen MR) is 113 cm³/mol. The maximum Gasteiger partial charge on any atom is 0.307 e. The molecule has 10 nitrogen and oxygen atoms in total. The van der Waals surface area contributed by atoms with Gasteiger partial charge >= 0.3 is 5.97 Å². The summed E-state index contributed by atoms with van der Waals surface area (Å²) in [5.74, 6) is -0.482. The molecule has 174 valence electrons. The first-order valence-electron chi connectivity index (χ1n) is 9.99. The highest BCUT2D eigenvalue weighted by atomic mass is 32.2. The standard InChI is InChI=1S/C21H26N2O8S/c1-28-16-7-6-14(12-18(16)29-2)15(13-19(24)30-3)22-21(25)17-8-9-20(31-17)32(26,27)23-10-4-5-11-23/h6-9,12,15H,4-5,10-11,13H2,1-3H3,(H,22,25). The number of furan rings is 1. The van der Waals surface area contributed by atoms with Crippen LogP contribution in [-0.4, -0.2) is 59.0 Å². The van der Waals surface area contributed by atoms with E-state index < -0.39 is 27.9 Å². The number of benzene rings is 1. The molecule has 1 amide bonds. The van der Waals surface area contributed by atoms with E-state index in [1.807, 2.05) is 0 Å². The van der Waals surface area contributed by atoms with Crippen LogP contribution in [0.4, 0.5) is 0 Å². The van der Waals surface area contributed by atoms with E-state index in [9.17, 15) is 18.0 Å². The van der Waals surface area contributed by atoms with Gasteiger partial charge in [-0.2, -0.15) is 4.31 Å². The Morgan fingerprint density at radius 1 is 1.06 bits per heavy atom. The van der Waals surface area contributed by atoms with Crippen molar-refractivity contribution >= 4 is 21.9 Å². The first kappa shape index (κ1) is 23.6. The van der Waals surface area contributed by atoms with Gasteiger partial charge in [0, 0.05) is 13.1 Å². The summed E-state index contributed by atoms with van der Waals surface area (Å²) in [4.78, 5) is 24.8. The van der Waals surface area contributed by atoms with Gasteiger partial charge in [0.25, 0.3) is 15.9 Å². The van der Waals surface area contributed by atoms with Gasteiger partial charge in [0.1, 0.15) is 0 Å². The molecule has 1 fully saturated rings. The molecule has 1 unspecified atom stereocenters. The van der Waals surface area contributed by atoms with Crippen LogP contribution in [0.1, 0.15) is 41.4 Å². The first-order valence-corrected chi connectivity index (χ1v) is 11.4. The van der Waals surface area contributed by atoms with Gasteiger partial charge in [0.15, 0.2) is 17.3 Å². The third kappa shape index (κ3) is 5.05. The highest BCUT2D eigenvalue weighted by Crippen LogP contribution is 2.31. The lowest BCUT2D eigenvalue weighted by atomic mass is 10.0. The Morgan fingerprint density at radius 3 is 2.38 bits per heavy atom. The third-order valence-corrected chi connectivity index (χ3v) is 6.95. The molecule has 1 aromatic heterocycles. The molecule has 1 N–H and O–H groups in total. The fourth-order valence-corrected chi connectivity index (χ4v) is 4.87.